The summed E-state index contributed by atoms with van der Waals surface area (Å²) in [6, 6.07) is 1.25. The summed E-state index contributed by atoms with van der Waals surface area (Å²) in [6.07, 6.45) is -0.445. The van der Waals surface area contributed by atoms with E-state index in [2.05, 4.69) is 5.32 Å². The SMILES string of the molecule is CNCC(C)Oc1cc(F)cc(F)c1[N+](=O)[O-]. The average molecular weight is 246 g/mol. The fourth-order valence-electron chi connectivity index (χ4n) is 1.36. The van der Waals surface area contributed by atoms with Crippen molar-refractivity contribution in [2.24, 2.45) is 0 Å². The minimum atomic E-state index is -1.25. The zero-order valence-corrected chi connectivity index (χ0v) is 9.37. The molecule has 0 radical (unpaired) electrons. The van der Waals surface area contributed by atoms with Crippen LogP contribution in [-0.4, -0.2) is 24.6 Å². The van der Waals surface area contributed by atoms with Gasteiger partial charge in [0.2, 0.25) is 11.6 Å². The lowest BCUT2D eigenvalue weighted by Crippen LogP contribution is -2.26. The summed E-state index contributed by atoms with van der Waals surface area (Å²) in [6.45, 7) is 2.03. The van der Waals surface area contributed by atoms with Crippen LogP contribution in [0, 0.1) is 21.7 Å². The minimum Gasteiger partial charge on any atom is -0.482 e. The van der Waals surface area contributed by atoms with E-state index in [1.165, 1.54) is 0 Å². The number of nitro benzene ring substituents is 1. The van der Waals surface area contributed by atoms with Crippen molar-refractivity contribution in [2.45, 2.75) is 13.0 Å². The number of benzene rings is 1. The van der Waals surface area contributed by atoms with Gasteiger partial charge in [0.05, 0.1) is 4.92 Å². The molecule has 0 amide bonds. The second-order valence-corrected chi connectivity index (χ2v) is 3.48. The van der Waals surface area contributed by atoms with Gasteiger partial charge in [0, 0.05) is 18.7 Å². The fraction of sp³-hybridized carbons (Fsp3) is 0.400. The number of nitro groups is 1. The Labute approximate surface area is 96.5 Å². The third kappa shape index (κ3) is 3.35. The number of hydrogen-bond acceptors (Lipinski definition) is 4. The summed E-state index contributed by atoms with van der Waals surface area (Å²) >= 11 is 0. The Morgan fingerprint density at radius 1 is 1.53 bits per heavy atom. The van der Waals surface area contributed by atoms with E-state index < -0.39 is 34.1 Å². The standard InChI is InChI=1S/C10H12F2N2O3/c1-6(5-13-2)17-9-4-7(11)3-8(12)10(9)14(15)16/h3-4,6,13H,5H2,1-2H3. The van der Waals surface area contributed by atoms with Gasteiger partial charge in [-0.15, -0.1) is 0 Å². The largest absolute Gasteiger partial charge is 0.482 e. The molecule has 1 unspecified atom stereocenters. The van der Waals surface area contributed by atoms with Crippen LogP contribution in [0.1, 0.15) is 6.92 Å². The topological polar surface area (TPSA) is 64.4 Å². The molecule has 1 N–H and O–H groups in total. The van der Waals surface area contributed by atoms with E-state index in [0.29, 0.717) is 12.6 Å². The fourth-order valence-corrected chi connectivity index (χ4v) is 1.36. The lowest BCUT2D eigenvalue weighted by molar-refractivity contribution is -0.388. The Hall–Kier alpha value is -1.76. The predicted octanol–water partition coefficient (Wildman–Crippen LogP) is 1.86. The summed E-state index contributed by atoms with van der Waals surface area (Å²) in [7, 11) is 1.67. The smallest absolute Gasteiger partial charge is 0.346 e. The molecule has 1 aromatic rings. The van der Waals surface area contributed by atoms with Crippen molar-refractivity contribution >= 4 is 5.69 Å². The number of rotatable bonds is 5. The van der Waals surface area contributed by atoms with Gasteiger partial charge in [-0.25, -0.2) is 4.39 Å². The summed E-state index contributed by atoms with van der Waals surface area (Å²) in [5, 5.41) is 13.4. The minimum absolute atomic E-state index is 0.398. The van der Waals surface area contributed by atoms with Crippen LogP contribution >= 0.6 is 0 Å². The molecule has 0 aromatic heterocycles. The quantitative estimate of drug-likeness (QED) is 0.636. The average Bonchev–Trinajstić information content (AvgIpc) is 2.15. The molecule has 1 aromatic carbocycles. The van der Waals surface area contributed by atoms with Crippen LogP contribution in [0.5, 0.6) is 5.75 Å². The Bertz CT molecular complexity index is 426. The highest BCUT2D eigenvalue weighted by molar-refractivity contribution is 5.47. The normalized spacial score (nSPS) is 12.2. The predicted molar refractivity (Wildman–Crippen MR) is 57.0 cm³/mol. The van der Waals surface area contributed by atoms with Gasteiger partial charge >= 0.3 is 5.69 Å². The van der Waals surface area contributed by atoms with E-state index in [9.17, 15) is 18.9 Å². The van der Waals surface area contributed by atoms with Gasteiger partial charge in [-0.05, 0) is 14.0 Å². The van der Waals surface area contributed by atoms with E-state index >= 15 is 0 Å². The van der Waals surface area contributed by atoms with Gasteiger partial charge in [0.25, 0.3) is 0 Å². The highest BCUT2D eigenvalue weighted by Crippen LogP contribution is 2.31. The van der Waals surface area contributed by atoms with Crippen LogP contribution in [0.15, 0.2) is 12.1 Å². The van der Waals surface area contributed by atoms with Crippen molar-refractivity contribution in [3.8, 4) is 5.75 Å². The van der Waals surface area contributed by atoms with Crippen molar-refractivity contribution in [1.29, 1.82) is 0 Å². The van der Waals surface area contributed by atoms with Crippen molar-refractivity contribution in [3.63, 3.8) is 0 Å². The van der Waals surface area contributed by atoms with Crippen molar-refractivity contribution in [1.82, 2.24) is 5.32 Å². The van der Waals surface area contributed by atoms with Gasteiger partial charge in [0.15, 0.2) is 0 Å². The molecule has 0 aliphatic carbocycles. The third-order valence-corrected chi connectivity index (χ3v) is 2.00. The molecule has 0 heterocycles. The monoisotopic (exact) mass is 246 g/mol. The molecule has 7 heteroatoms. The van der Waals surface area contributed by atoms with Crippen LogP contribution in [-0.2, 0) is 0 Å². The maximum Gasteiger partial charge on any atom is 0.346 e. The molecule has 5 nitrogen and oxygen atoms in total. The van der Waals surface area contributed by atoms with Gasteiger partial charge in [-0.3, -0.25) is 10.1 Å². The first-order valence-electron chi connectivity index (χ1n) is 4.90. The number of hydrogen-bond donors (Lipinski definition) is 1. The Morgan fingerprint density at radius 3 is 2.71 bits per heavy atom. The third-order valence-electron chi connectivity index (χ3n) is 2.00. The molecule has 1 rings (SSSR count). The van der Waals surface area contributed by atoms with Crippen LogP contribution in [0.4, 0.5) is 14.5 Å². The maximum atomic E-state index is 13.2. The van der Waals surface area contributed by atoms with Crippen LogP contribution < -0.4 is 10.1 Å². The number of nitrogens with zero attached hydrogens (tertiary/aromatic N) is 1. The molecular formula is C10H12F2N2O3. The van der Waals surface area contributed by atoms with E-state index in [1.807, 2.05) is 0 Å². The van der Waals surface area contributed by atoms with Crippen molar-refractivity contribution in [3.05, 3.63) is 33.9 Å². The number of halogens is 2. The van der Waals surface area contributed by atoms with Crippen LogP contribution in [0.3, 0.4) is 0 Å². The summed E-state index contributed by atoms with van der Waals surface area (Å²) in [5.74, 6) is -2.57. The van der Waals surface area contributed by atoms with Gasteiger partial charge in [-0.1, -0.05) is 0 Å². The van der Waals surface area contributed by atoms with Crippen LogP contribution in [0.25, 0.3) is 0 Å². The van der Waals surface area contributed by atoms with Crippen molar-refractivity contribution in [2.75, 3.05) is 13.6 Å². The molecular weight excluding hydrogens is 234 g/mol. The highest BCUT2D eigenvalue weighted by atomic mass is 19.1. The van der Waals surface area contributed by atoms with E-state index in [4.69, 9.17) is 4.74 Å². The van der Waals surface area contributed by atoms with Crippen LogP contribution in [0.2, 0.25) is 0 Å². The highest BCUT2D eigenvalue weighted by Gasteiger charge is 2.24. The molecule has 0 fully saturated rings. The first-order chi connectivity index (χ1) is 7.95. The molecule has 0 aliphatic heterocycles. The molecule has 1 atom stereocenters. The van der Waals surface area contributed by atoms with Gasteiger partial charge < -0.3 is 10.1 Å². The van der Waals surface area contributed by atoms with E-state index in [-0.39, 0.29) is 0 Å². The lowest BCUT2D eigenvalue weighted by atomic mass is 10.2. The molecule has 0 bridgehead atoms. The second kappa shape index (κ2) is 5.53. The maximum absolute atomic E-state index is 13.2. The van der Waals surface area contributed by atoms with E-state index in [0.717, 1.165) is 6.07 Å². The lowest BCUT2D eigenvalue weighted by Gasteiger charge is -2.14. The molecule has 0 saturated heterocycles. The number of likely N-dealkylation sites (N-methyl/N-ethyl adjacent to an activating group) is 1. The first kappa shape index (κ1) is 13.3. The van der Waals surface area contributed by atoms with Gasteiger partial charge in [0.1, 0.15) is 11.9 Å². The number of ether oxygens (including phenoxy) is 1. The summed E-state index contributed by atoms with van der Waals surface area (Å²) < 4.78 is 31.3. The molecule has 17 heavy (non-hydrogen) atoms. The van der Waals surface area contributed by atoms with Crippen molar-refractivity contribution < 1.29 is 18.4 Å². The zero-order valence-electron chi connectivity index (χ0n) is 9.37. The Morgan fingerprint density at radius 2 is 2.18 bits per heavy atom. The van der Waals surface area contributed by atoms with E-state index in [1.54, 1.807) is 14.0 Å². The summed E-state index contributed by atoms with van der Waals surface area (Å²) in [5.41, 5.74) is -0.852. The Kier molecular flexibility index (Phi) is 4.33. The molecule has 94 valence electrons. The molecule has 0 saturated carbocycles. The molecule has 0 spiro atoms. The Balaban J connectivity index is 3.08. The van der Waals surface area contributed by atoms with Gasteiger partial charge in [-0.2, -0.15) is 4.39 Å². The zero-order chi connectivity index (χ0) is 13.0. The number of nitrogens with one attached hydrogen (secondary N) is 1. The second-order valence-electron chi connectivity index (χ2n) is 3.48. The first-order valence-corrected chi connectivity index (χ1v) is 4.90. The molecule has 0 aliphatic rings. The summed E-state index contributed by atoms with van der Waals surface area (Å²) in [4.78, 5) is 9.71.